The van der Waals surface area contributed by atoms with Gasteiger partial charge in [0.2, 0.25) is 5.76 Å². The van der Waals surface area contributed by atoms with E-state index in [4.69, 9.17) is 24.2 Å². The highest BCUT2D eigenvalue weighted by Gasteiger charge is 2.01. The van der Waals surface area contributed by atoms with Gasteiger partial charge in [0.1, 0.15) is 12.4 Å². The Morgan fingerprint density at radius 2 is 1.91 bits per heavy atom. The predicted molar refractivity (Wildman–Crippen MR) is 67.7 cm³/mol. The molecule has 0 amide bonds. The second-order valence-corrected chi connectivity index (χ2v) is 2.95. The van der Waals surface area contributed by atoms with Crippen LogP contribution in [0.1, 0.15) is 26.9 Å². The minimum atomic E-state index is -1.03. The van der Waals surface area contributed by atoms with Gasteiger partial charge in [0.25, 0.3) is 0 Å². The maximum Gasteiger partial charge on any atom is 0.373 e. The molecule has 0 saturated carbocycles. The maximum absolute atomic E-state index is 9.97. The van der Waals surface area contributed by atoms with Gasteiger partial charge in [-0.3, -0.25) is 9.18 Å². The topological polar surface area (TPSA) is 135 Å². The molecule has 2 aromatic rings. The van der Waals surface area contributed by atoms with Crippen molar-refractivity contribution in [2.75, 3.05) is 7.18 Å². The number of hydrogen-bond acceptors (Lipinski definition) is 7. The van der Waals surface area contributed by atoms with E-state index in [-0.39, 0.29) is 24.3 Å². The zero-order valence-corrected chi connectivity index (χ0v) is 11.4. The first kappa shape index (κ1) is 21.3. The molecule has 120 valence electrons. The standard InChI is InChI=1S/C6H6O3.C5H4O3.CH3F.CO2/c7-3-5-1-2-6(4-8)9-5;6-5(7)4-2-1-3-8-4;1-2;2-1-3/h1-3,8H,4H2;1-3H,(H,6,7);1H3;. The molecular weight excluding hydrogens is 303 g/mol. The highest BCUT2D eigenvalue weighted by Crippen LogP contribution is 2.03. The summed E-state index contributed by atoms with van der Waals surface area (Å²) in [5.74, 6) is -0.392. The number of carboxylic acid groups (broad SMARTS) is 1. The minimum absolute atomic E-state index is 0.0231. The molecule has 0 aromatic carbocycles. The molecular formula is C13H13FO8. The lowest BCUT2D eigenvalue weighted by molar-refractivity contribution is -0.191. The number of hydrogen-bond donors (Lipinski definition) is 2. The van der Waals surface area contributed by atoms with Crippen molar-refractivity contribution in [1.82, 2.24) is 0 Å². The quantitative estimate of drug-likeness (QED) is 0.814. The molecule has 0 aliphatic heterocycles. The fourth-order valence-corrected chi connectivity index (χ4v) is 0.943. The van der Waals surface area contributed by atoms with Crippen molar-refractivity contribution in [2.45, 2.75) is 6.61 Å². The lowest BCUT2D eigenvalue weighted by atomic mass is 10.4. The number of aromatic carboxylic acids is 1. The van der Waals surface area contributed by atoms with Gasteiger partial charge in [0.15, 0.2) is 12.0 Å². The Balaban J connectivity index is 0. The van der Waals surface area contributed by atoms with Gasteiger partial charge in [-0.2, -0.15) is 9.59 Å². The summed E-state index contributed by atoms with van der Waals surface area (Å²) in [6, 6.07) is 5.99. The van der Waals surface area contributed by atoms with Gasteiger partial charge in [-0.15, -0.1) is 0 Å². The number of aliphatic hydroxyl groups is 1. The number of aldehydes is 1. The molecule has 0 radical (unpaired) electrons. The van der Waals surface area contributed by atoms with Crippen molar-refractivity contribution in [3.05, 3.63) is 47.8 Å². The third-order valence-corrected chi connectivity index (χ3v) is 1.69. The average molecular weight is 316 g/mol. The minimum Gasteiger partial charge on any atom is -0.475 e. The van der Waals surface area contributed by atoms with E-state index in [0.717, 1.165) is 0 Å². The normalized spacial score (nSPS) is 7.77. The molecule has 0 aliphatic rings. The van der Waals surface area contributed by atoms with E-state index in [1.807, 2.05) is 0 Å². The van der Waals surface area contributed by atoms with Crippen molar-refractivity contribution in [3.8, 4) is 0 Å². The fraction of sp³-hybridized carbons (Fsp3) is 0.154. The first-order valence-corrected chi connectivity index (χ1v) is 5.37. The van der Waals surface area contributed by atoms with Crippen molar-refractivity contribution in [1.29, 1.82) is 0 Å². The number of halogens is 1. The lowest BCUT2D eigenvalue weighted by Crippen LogP contribution is -1.90. The molecule has 0 saturated heterocycles. The number of furan rings is 2. The van der Waals surface area contributed by atoms with Gasteiger partial charge in [-0.05, 0) is 24.3 Å². The van der Waals surface area contributed by atoms with Crippen LogP contribution in [0.3, 0.4) is 0 Å². The Hall–Kier alpha value is -3.03. The van der Waals surface area contributed by atoms with Crippen LogP contribution in [0.4, 0.5) is 4.39 Å². The molecule has 9 heteroatoms. The van der Waals surface area contributed by atoms with Gasteiger partial charge in [-0.1, -0.05) is 0 Å². The monoisotopic (exact) mass is 316 g/mol. The summed E-state index contributed by atoms with van der Waals surface area (Å²) in [6.45, 7) is -0.159. The Morgan fingerprint density at radius 3 is 2.14 bits per heavy atom. The maximum atomic E-state index is 9.97. The highest BCUT2D eigenvalue weighted by molar-refractivity contribution is 5.84. The number of rotatable bonds is 3. The number of aliphatic hydroxyl groups excluding tert-OH is 1. The Bertz CT molecular complexity index is 552. The summed E-state index contributed by atoms with van der Waals surface area (Å²) in [5, 5.41) is 16.6. The number of carbonyl (C=O) groups is 2. The second kappa shape index (κ2) is 14.4. The van der Waals surface area contributed by atoms with Crippen LogP contribution in [-0.2, 0) is 16.2 Å². The molecule has 0 spiro atoms. The molecule has 0 aliphatic carbocycles. The third-order valence-electron chi connectivity index (χ3n) is 1.69. The average Bonchev–Trinajstić information content (AvgIpc) is 3.22. The first-order chi connectivity index (χ1) is 10.6. The molecule has 2 heterocycles. The smallest absolute Gasteiger partial charge is 0.373 e. The van der Waals surface area contributed by atoms with Crippen molar-refractivity contribution in [3.63, 3.8) is 0 Å². The number of carboxylic acids is 1. The van der Waals surface area contributed by atoms with Crippen LogP contribution >= 0.6 is 0 Å². The number of alkyl halides is 1. The summed E-state index contributed by atoms with van der Waals surface area (Å²) >= 11 is 0. The molecule has 0 bridgehead atoms. The number of carbonyl (C=O) groups excluding carboxylic acids is 3. The molecule has 0 fully saturated rings. The Morgan fingerprint density at radius 1 is 1.32 bits per heavy atom. The van der Waals surface area contributed by atoms with Gasteiger partial charge in [0.05, 0.1) is 13.4 Å². The summed E-state index contributed by atoms with van der Waals surface area (Å²) in [6.07, 6.45) is 2.17. The van der Waals surface area contributed by atoms with E-state index >= 15 is 0 Å². The van der Waals surface area contributed by atoms with Gasteiger partial charge in [-0.25, -0.2) is 4.79 Å². The van der Waals surface area contributed by atoms with E-state index in [2.05, 4.69) is 4.42 Å². The van der Waals surface area contributed by atoms with Crippen LogP contribution in [-0.4, -0.2) is 35.8 Å². The van der Waals surface area contributed by atoms with Crippen LogP contribution in [0.5, 0.6) is 0 Å². The van der Waals surface area contributed by atoms with Crippen LogP contribution in [0.25, 0.3) is 0 Å². The highest BCUT2D eigenvalue weighted by atomic mass is 19.1. The lowest BCUT2D eigenvalue weighted by Gasteiger charge is -1.82. The molecule has 0 atom stereocenters. The van der Waals surface area contributed by atoms with Crippen molar-refractivity contribution >= 4 is 18.4 Å². The SMILES string of the molecule is CF.O=C(O)c1ccco1.O=C=O.O=Cc1ccc(CO)o1. The van der Waals surface area contributed by atoms with Crippen molar-refractivity contribution in [2.24, 2.45) is 0 Å². The zero-order valence-electron chi connectivity index (χ0n) is 11.4. The van der Waals surface area contributed by atoms with Crippen LogP contribution < -0.4 is 0 Å². The van der Waals surface area contributed by atoms with Gasteiger partial charge < -0.3 is 19.0 Å². The van der Waals surface area contributed by atoms with E-state index in [1.165, 1.54) is 24.5 Å². The van der Waals surface area contributed by atoms with Crippen LogP contribution in [0.15, 0.2) is 39.4 Å². The molecule has 2 N–H and O–H groups in total. The largest absolute Gasteiger partial charge is 0.475 e. The third kappa shape index (κ3) is 9.84. The second-order valence-electron chi connectivity index (χ2n) is 2.95. The summed E-state index contributed by atoms with van der Waals surface area (Å²) < 4.78 is 18.8. The van der Waals surface area contributed by atoms with E-state index < -0.39 is 5.97 Å². The summed E-state index contributed by atoms with van der Waals surface area (Å²) in [4.78, 5) is 36.2. The summed E-state index contributed by atoms with van der Waals surface area (Å²) in [5.41, 5.74) is 0. The van der Waals surface area contributed by atoms with Crippen LogP contribution in [0, 0.1) is 0 Å². The zero-order chi connectivity index (χ0) is 17.4. The molecule has 2 aromatic heterocycles. The summed E-state index contributed by atoms with van der Waals surface area (Å²) in [7, 11) is 0.500. The van der Waals surface area contributed by atoms with Gasteiger partial charge in [0, 0.05) is 0 Å². The van der Waals surface area contributed by atoms with E-state index in [0.29, 0.717) is 19.2 Å². The van der Waals surface area contributed by atoms with E-state index in [9.17, 15) is 14.0 Å². The molecule has 22 heavy (non-hydrogen) atoms. The first-order valence-electron chi connectivity index (χ1n) is 5.37. The Labute approximate surface area is 123 Å². The van der Waals surface area contributed by atoms with E-state index in [1.54, 1.807) is 6.07 Å². The molecule has 0 unspecified atom stereocenters. The predicted octanol–water partition coefficient (Wildman–Crippen LogP) is 1.56. The fourth-order valence-electron chi connectivity index (χ4n) is 0.943. The Kier molecular flexibility index (Phi) is 13.9. The molecule has 2 rings (SSSR count). The van der Waals surface area contributed by atoms with Gasteiger partial charge >= 0.3 is 12.1 Å². The van der Waals surface area contributed by atoms with Crippen molar-refractivity contribution < 1.29 is 42.6 Å². The van der Waals surface area contributed by atoms with Crippen LogP contribution in [0.2, 0.25) is 0 Å². The molecule has 8 nitrogen and oxygen atoms in total.